The van der Waals surface area contributed by atoms with Crippen LogP contribution in [0.3, 0.4) is 0 Å². The topological polar surface area (TPSA) is 52.3 Å². The summed E-state index contributed by atoms with van der Waals surface area (Å²) in [5.41, 5.74) is 3.51. The van der Waals surface area contributed by atoms with Gasteiger partial charge in [0.1, 0.15) is 0 Å². The van der Waals surface area contributed by atoms with Crippen molar-refractivity contribution in [1.82, 2.24) is 5.16 Å². The van der Waals surface area contributed by atoms with Gasteiger partial charge in [-0.1, -0.05) is 22.8 Å². The molecule has 2 aliphatic carbocycles. The van der Waals surface area contributed by atoms with Crippen molar-refractivity contribution in [3.05, 3.63) is 40.0 Å². The first kappa shape index (κ1) is 12.9. The highest BCUT2D eigenvalue weighted by atomic mass is 35.5. The molecule has 1 aromatic carbocycles. The number of carbonyl (C=O) groups is 1. The van der Waals surface area contributed by atoms with Gasteiger partial charge in [-0.15, -0.1) is 0 Å². The molecule has 0 amide bonds. The molecular weight excluding hydrogens is 290 g/mol. The van der Waals surface area contributed by atoms with E-state index in [0.717, 1.165) is 30.4 Å². The molecule has 0 N–H and O–H groups in total. The molecule has 0 atom stereocenters. The number of hydrogen-bond acceptors (Lipinski definition) is 4. The number of esters is 1. The molecule has 2 aliphatic rings. The Kier molecular flexibility index (Phi) is 2.67. The fourth-order valence-electron chi connectivity index (χ4n) is 3.24. The molecule has 5 heteroatoms. The molecular formula is C16H14ClNO3. The van der Waals surface area contributed by atoms with Gasteiger partial charge in [0.05, 0.1) is 6.61 Å². The molecule has 1 saturated carbocycles. The summed E-state index contributed by atoms with van der Waals surface area (Å²) >= 11 is 6.12. The van der Waals surface area contributed by atoms with Gasteiger partial charge in [0.2, 0.25) is 0 Å². The molecule has 1 spiro atoms. The van der Waals surface area contributed by atoms with Crippen LogP contribution in [-0.4, -0.2) is 17.7 Å². The molecule has 1 fully saturated rings. The van der Waals surface area contributed by atoms with E-state index in [-0.39, 0.29) is 5.41 Å². The standard InChI is InChI=1S/C16H14ClNO3/c1-2-20-15(19)13-11-8-16(5-6-16)12-4-3-9(17)7-10(12)14(11)21-18-13/h3-4,7H,2,5-6,8H2,1H3. The average Bonchev–Trinajstić information content (AvgIpc) is 3.09. The molecule has 0 bridgehead atoms. The average molecular weight is 304 g/mol. The monoisotopic (exact) mass is 303 g/mol. The summed E-state index contributed by atoms with van der Waals surface area (Å²) < 4.78 is 10.5. The Morgan fingerprint density at radius 1 is 1.48 bits per heavy atom. The van der Waals surface area contributed by atoms with Gasteiger partial charge in [-0.2, -0.15) is 0 Å². The normalized spacial score (nSPS) is 17.2. The lowest BCUT2D eigenvalue weighted by molar-refractivity contribution is 0.0513. The number of benzene rings is 1. The number of ether oxygens (including phenoxy) is 1. The SMILES string of the molecule is CCOC(=O)c1noc2c1CC1(CC1)c1ccc(Cl)cc1-2. The van der Waals surface area contributed by atoms with E-state index in [1.54, 1.807) is 6.92 Å². The fraction of sp³-hybridized carbons (Fsp3) is 0.375. The van der Waals surface area contributed by atoms with Gasteiger partial charge in [-0.25, -0.2) is 4.79 Å². The second kappa shape index (κ2) is 4.34. The third-order valence-electron chi connectivity index (χ3n) is 4.42. The zero-order chi connectivity index (χ0) is 14.6. The summed E-state index contributed by atoms with van der Waals surface area (Å²) in [6.45, 7) is 2.11. The van der Waals surface area contributed by atoms with Crippen molar-refractivity contribution in [3.8, 4) is 11.3 Å². The lowest BCUT2D eigenvalue weighted by Crippen LogP contribution is -2.19. The van der Waals surface area contributed by atoms with Crippen molar-refractivity contribution in [2.24, 2.45) is 0 Å². The van der Waals surface area contributed by atoms with Crippen molar-refractivity contribution in [2.75, 3.05) is 6.61 Å². The van der Waals surface area contributed by atoms with Gasteiger partial charge < -0.3 is 9.26 Å². The second-order valence-electron chi connectivity index (χ2n) is 5.71. The van der Waals surface area contributed by atoms with Crippen LogP contribution in [0.1, 0.15) is 41.4 Å². The van der Waals surface area contributed by atoms with Crippen molar-refractivity contribution in [2.45, 2.75) is 31.6 Å². The predicted molar refractivity (Wildman–Crippen MR) is 77.5 cm³/mol. The smallest absolute Gasteiger partial charge is 0.360 e. The lowest BCUT2D eigenvalue weighted by atomic mass is 9.79. The first-order chi connectivity index (χ1) is 10.1. The van der Waals surface area contributed by atoms with E-state index in [9.17, 15) is 4.79 Å². The van der Waals surface area contributed by atoms with Crippen LogP contribution in [0.5, 0.6) is 0 Å². The van der Waals surface area contributed by atoms with Crippen LogP contribution in [0, 0.1) is 0 Å². The van der Waals surface area contributed by atoms with Crippen molar-refractivity contribution >= 4 is 17.6 Å². The Morgan fingerprint density at radius 3 is 3.00 bits per heavy atom. The Bertz CT molecular complexity index is 746. The van der Waals surface area contributed by atoms with Crippen LogP contribution in [0.15, 0.2) is 22.7 Å². The summed E-state index contributed by atoms with van der Waals surface area (Å²) in [5, 5.41) is 4.60. The Hall–Kier alpha value is -1.81. The van der Waals surface area contributed by atoms with Crippen molar-refractivity contribution in [3.63, 3.8) is 0 Å². The van der Waals surface area contributed by atoms with E-state index < -0.39 is 5.97 Å². The third kappa shape index (κ3) is 1.82. The van der Waals surface area contributed by atoms with E-state index in [1.807, 2.05) is 12.1 Å². The molecule has 4 nitrogen and oxygen atoms in total. The molecule has 108 valence electrons. The summed E-state index contributed by atoms with van der Waals surface area (Å²) in [6, 6.07) is 5.88. The largest absolute Gasteiger partial charge is 0.461 e. The molecule has 2 aromatic rings. The van der Waals surface area contributed by atoms with Crippen LogP contribution >= 0.6 is 11.6 Å². The molecule has 0 aliphatic heterocycles. The minimum atomic E-state index is -0.413. The van der Waals surface area contributed by atoms with Crippen LogP contribution in [0.2, 0.25) is 5.02 Å². The molecule has 0 radical (unpaired) electrons. The number of hydrogen-bond donors (Lipinski definition) is 0. The molecule has 4 rings (SSSR count). The van der Waals surface area contributed by atoms with Gasteiger partial charge in [-0.05, 0) is 43.9 Å². The molecule has 0 unspecified atom stereocenters. The fourth-order valence-corrected chi connectivity index (χ4v) is 3.41. The maximum atomic E-state index is 12.0. The summed E-state index contributed by atoms with van der Waals surface area (Å²) in [4.78, 5) is 12.0. The lowest BCUT2D eigenvalue weighted by Gasteiger charge is -2.24. The summed E-state index contributed by atoms with van der Waals surface area (Å²) in [6.07, 6.45) is 3.03. The van der Waals surface area contributed by atoms with Crippen LogP contribution in [0.25, 0.3) is 11.3 Å². The molecule has 1 aromatic heterocycles. The predicted octanol–water partition coefficient (Wildman–Crippen LogP) is 3.76. The zero-order valence-corrected chi connectivity index (χ0v) is 12.4. The zero-order valence-electron chi connectivity index (χ0n) is 11.6. The maximum Gasteiger partial charge on any atom is 0.360 e. The van der Waals surface area contributed by atoms with E-state index in [0.29, 0.717) is 23.1 Å². The van der Waals surface area contributed by atoms with Crippen molar-refractivity contribution < 1.29 is 14.1 Å². The number of fused-ring (bicyclic) bond motifs is 4. The highest BCUT2D eigenvalue weighted by Gasteiger charge is 2.50. The van der Waals surface area contributed by atoms with Crippen LogP contribution in [0.4, 0.5) is 0 Å². The molecule has 1 heterocycles. The third-order valence-corrected chi connectivity index (χ3v) is 4.66. The second-order valence-corrected chi connectivity index (χ2v) is 6.14. The minimum absolute atomic E-state index is 0.125. The Balaban J connectivity index is 1.89. The van der Waals surface area contributed by atoms with E-state index >= 15 is 0 Å². The number of halogens is 1. The molecule has 21 heavy (non-hydrogen) atoms. The van der Waals surface area contributed by atoms with Gasteiger partial charge in [0.15, 0.2) is 11.5 Å². The number of nitrogens with zero attached hydrogens (tertiary/aromatic N) is 1. The first-order valence-electron chi connectivity index (χ1n) is 7.11. The first-order valence-corrected chi connectivity index (χ1v) is 7.48. The minimum Gasteiger partial charge on any atom is -0.461 e. The van der Waals surface area contributed by atoms with E-state index in [2.05, 4.69) is 11.2 Å². The maximum absolute atomic E-state index is 12.0. The summed E-state index contributed by atoms with van der Waals surface area (Å²) in [5.74, 6) is 0.247. The Morgan fingerprint density at radius 2 is 2.29 bits per heavy atom. The van der Waals surface area contributed by atoms with Gasteiger partial charge in [0.25, 0.3) is 0 Å². The number of aromatic nitrogens is 1. The van der Waals surface area contributed by atoms with Gasteiger partial charge in [-0.3, -0.25) is 0 Å². The molecule has 0 saturated heterocycles. The Labute approximate surface area is 127 Å². The quantitative estimate of drug-likeness (QED) is 0.793. The summed E-state index contributed by atoms with van der Waals surface area (Å²) in [7, 11) is 0. The van der Waals surface area contributed by atoms with E-state index in [1.165, 1.54) is 5.56 Å². The van der Waals surface area contributed by atoms with Gasteiger partial charge in [0, 0.05) is 21.6 Å². The van der Waals surface area contributed by atoms with Crippen molar-refractivity contribution in [1.29, 1.82) is 0 Å². The number of carbonyl (C=O) groups excluding carboxylic acids is 1. The number of rotatable bonds is 2. The van der Waals surface area contributed by atoms with Crippen LogP contribution in [-0.2, 0) is 16.6 Å². The van der Waals surface area contributed by atoms with E-state index in [4.69, 9.17) is 20.9 Å². The van der Waals surface area contributed by atoms with Crippen LogP contribution < -0.4 is 0 Å². The van der Waals surface area contributed by atoms with Gasteiger partial charge >= 0.3 is 5.97 Å². The highest BCUT2D eigenvalue weighted by Crippen LogP contribution is 2.58. The highest BCUT2D eigenvalue weighted by molar-refractivity contribution is 6.30.